The maximum absolute atomic E-state index is 13.1. The zero-order valence-corrected chi connectivity index (χ0v) is 13.4. The normalized spacial score (nSPS) is 16.7. The predicted molar refractivity (Wildman–Crippen MR) is 84.7 cm³/mol. The van der Waals surface area contributed by atoms with Gasteiger partial charge in [0.05, 0.1) is 20.3 Å². The first kappa shape index (κ1) is 15.3. The maximum Gasteiger partial charge on any atom is 0.265 e. The molecule has 2 aromatic rings. The second-order valence-corrected chi connectivity index (χ2v) is 5.39. The van der Waals surface area contributed by atoms with Crippen LogP contribution in [0.25, 0.3) is 0 Å². The third-order valence-electron chi connectivity index (χ3n) is 4.23. The van der Waals surface area contributed by atoms with Crippen molar-refractivity contribution in [3.05, 3.63) is 47.3 Å². The molecule has 2 heterocycles. The zero-order chi connectivity index (χ0) is 16.4. The lowest BCUT2D eigenvalue weighted by atomic mass is 9.93. The quantitative estimate of drug-likeness (QED) is 0.869. The molecule has 0 unspecified atom stereocenters. The van der Waals surface area contributed by atoms with Gasteiger partial charge < -0.3 is 14.4 Å². The SMILES string of the molecule is COc1ncnc(OC)c1C(=O)N1CCc2ccccc2[C@H]1C. The minimum absolute atomic E-state index is 0.0259. The molecule has 1 atom stereocenters. The highest BCUT2D eigenvalue weighted by Gasteiger charge is 2.32. The fourth-order valence-electron chi connectivity index (χ4n) is 3.04. The van der Waals surface area contributed by atoms with Crippen LogP contribution >= 0.6 is 0 Å². The first-order valence-electron chi connectivity index (χ1n) is 7.49. The number of nitrogens with zero attached hydrogens (tertiary/aromatic N) is 3. The van der Waals surface area contributed by atoms with E-state index >= 15 is 0 Å². The molecular formula is C17H19N3O3. The van der Waals surface area contributed by atoms with Crippen molar-refractivity contribution < 1.29 is 14.3 Å². The maximum atomic E-state index is 13.1. The average Bonchev–Trinajstić information content (AvgIpc) is 2.61. The molecule has 0 N–H and O–H groups in total. The predicted octanol–water partition coefficient (Wildman–Crippen LogP) is 2.25. The molecule has 0 aliphatic carbocycles. The summed E-state index contributed by atoms with van der Waals surface area (Å²) in [6.07, 6.45) is 2.15. The molecule has 0 radical (unpaired) electrons. The highest BCUT2D eigenvalue weighted by atomic mass is 16.5. The Morgan fingerprint density at radius 1 is 1.17 bits per heavy atom. The van der Waals surface area contributed by atoms with Crippen LogP contribution in [0.3, 0.4) is 0 Å². The van der Waals surface area contributed by atoms with E-state index < -0.39 is 0 Å². The second-order valence-electron chi connectivity index (χ2n) is 5.39. The number of amides is 1. The Kier molecular flexibility index (Phi) is 4.14. The van der Waals surface area contributed by atoms with Gasteiger partial charge in [0, 0.05) is 6.54 Å². The molecular weight excluding hydrogens is 294 g/mol. The van der Waals surface area contributed by atoms with Crippen LogP contribution in [-0.2, 0) is 6.42 Å². The Morgan fingerprint density at radius 3 is 2.48 bits per heavy atom. The molecule has 1 aliphatic rings. The van der Waals surface area contributed by atoms with Crippen molar-refractivity contribution in [2.24, 2.45) is 0 Å². The molecule has 3 rings (SSSR count). The van der Waals surface area contributed by atoms with Gasteiger partial charge in [0.25, 0.3) is 5.91 Å². The molecule has 0 saturated carbocycles. The van der Waals surface area contributed by atoms with E-state index in [4.69, 9.17) is 9.47 Å². The lowest BCUT2D eigenvalue weighted by molar-refractivity contribution is 0.0668. The van der Waals surface area contributed by atoms with E-state index in [1.54, 1.807) is 0 Å². The molecule has 23 heavy (non-hydrogen) atoms. The molecule has 0 spiro atoms. The van der Waals surface area contributed by atoms with Crippen LogP contribution in [-0.4, -0.2) is 41.5 Å². The van der Waals surface area contributed by atoms with Gasteiger partial charge in [-0.15, -0.1) is 0 Å². The highest BCUT2D eigenvalue weighted by molar-refractivity contribution is 5.99. The number of carbonyl (C=O) groups is 1. The first-order valence-corrected chi connectivity index (χ1v) is 7.49. The smallest absolute Gasteiger partial charge is 0.265 e. The number of ether oxygens (including phenoxy) is 2. The van der Waals surface area contributed by atoms with Crippen LogP contribution in [0.2, 0.25) is 0 Å². The Labute approximate surface area is 135 Å². The van der Waals surface area contributed by atoms with Crippen molar-refractivity contribution in [3.8, 4) is 11.8 Å². The summed E-state index contributed by atoms with van der Waals surface area (Å²) in [5.41, 5.74) is 2.72. The van der Waals surface area contributed by atoms with Crippen LogP contribution in [0.5, 0.6) is 11.8 Å². The first-order chi connectivity index (χ1) is 11.2. The Bertz CT molecular complexity index is 711. The fourth-order valence-corrected chi connectivity index (χ4v) is 3.04. The van der Waals surface area contributed by atoms with Gasteiger partial charge in [-0.1, -0.05) is 24.3 Å². The van der Waals surface area contributed by atoms with E-state index in [2.05, 4.69) is 22.1 Å². The molecule has 0 saturated heterocycles. The summed E-state index contributed by atoms with van der Waals surface area (Å²) >= 11 is 0. The Morgan fingerprint density at radius 2 is 1.83 bits per heavy atom. The van der Waals surface area contributed by atoms with Gasteiger partial charge in [-0.05, 0) is 24.5 Å². The fraction of sp³-hybridized carbons (Fsp3) is 0.353. The molecule has 1 aromatic heterocycles. The van der Waals surface area contributed by atoms with Crippen molar-refractivity contribution in [2.75, 3.05) is 20.8 Å². The van der Waals surface area contributed by atoms with E-state index in [1.807, 2.05) is 24.0 Å². The Hall–Kier alpha value is -2.63. The average molecular weight is 313 g/mol. The topological polar surface area (TPSA) is 64.6 Å². The van der Waals surface area contributed by atoms with Crippen LogP contribution < -0.4 is 9.47 Å². The largest absolute Gasteiger partial charge is 0.480 e. The summed E-state index contributed by atoms with van der Waals surface area (Å²) < 4.78 is 10.5. The van der Waals surface area contributed by atoms with Gasteiger partial charge in [0.2, 0.25) is 11.8 Å². The molecule has 0 fully saturated rings. The number of methoxy groups -OCH3 is 2. The van der Waals surface area contributed by atoms with Crippen molar-refractivity contribution in [3.63, 3.8) is 0 Å². The monoisotopic (exact) mass is 313 g/mol. The second kappa shape index (κ2) is 6.24. The molecule has 0 bridgehead atoms. The number of aromatic nitrogens is 2. The summed E-state index contributed by atoms with van der Waals surface area (Å²) in [5, 5.41) is 0. The summed E-state index contributed by atoms with van der Waals surface area (Å²) in [6, 6.07) is 8.17. The van der Waals surface area contributed by atoms with E-state index in [9.17, 15) is 4.79 Å². The number of carbonyl (C=O) groups excluding carboxylic acids is 1. The molecule has 1 aliphatic heterocycles. The lowest BCUT2D eigenvalue weighted by Gasteiger charge is -2.35. The van der Waals surface area contributed by atoms with Gasteiger partial charge in [0.15, 0.2) is 5.56 Å². The molecule has 1 amide bonds. The Balaban J connectivity index is 1.99. The van der Waals surface area contributed by atoms with Crippen LogP contribution in [0, 0.1) is 0 Å². The molecule has 6 nitrogen and oxygen atoms in total. The highest BCUT2D eigenvalue weighted by Crippen LogP contribution is 2.33. The van der Waals surface area contributed by atoms with E-state index in [0.29, 0.717) is 6.54 Å². The third-order valence-corrected chi connectivity index (χ3v) is 4.23. The molecule has 120 valence electrons. The lowest BCUT2D eigenvalue weighted by Crippen LogP contribution is -2.39. The number of rotatable bonds is 3. The van der Waals surface area contributed by atoms with Crippen molar-refractivity contribution in [1.82, 2.24) is 14.9 Å². The number of hydrogen-bond donors (Lipinski definition) is 0. The summed E-state index contributed by atoms with van der Waals surface area (Å²) in [5.74, 6) is 0.280. The molecule has 1 aromatic carbocycles. The van der Waals surface area contributed by atoms with Gasteiger partial charge in [-0.3, -0.25) is 4.79 Å². The van der Waals surface area contributed by atoms with Crippen LogP contribution in [0.1, 0.15) is 34.5 Å². The van der Waals surface area contributed by atoms with Crippen LogP contribution in [0.4, 0.5) is 0 Å². The summed E-state index contributed by atoms with van der Waals surface area (Å²) in [4.78, 5) is 22.9. The van der Waals surface area contributed by atoms with Crippen molar-refractivity contribution >= 4 is 5.91 Å². The zero-order valence-electron chi connectivity index (χ0n) is 13.4. The van der Waals surface area contributed by atoms with Gasteiger partial charge in [-0.2, -0.15) is 0 Å². The third kappa shape index (κ3) is 2.60. The number of hydrogen-bond acceptors (Lipinski definition) is 5. The van der Waals surface area contributed by atoms with Gasteiger partial charge >= 0.3 is 0 Å². The minimum atomic E-state index is -0.179. The standard InChI is InChI=1S/C17H19N3O3/c1-11-13-7-5-4-6-12(13)8-9-20(11)17(21)14-15(22-2)18-10-19-16(14)23-3/h4-7,10-11H,8-9H2,1-3H3/t11-/m1/s1. The summed E-state index contributed by atoms with van der Waals surface area (Å²) in [6.45, 7) is 2.66. The van der Waals surface area contributed by atoms with Crippen molar-refractivity contribution in [2.45, 2.75) is 19.4 Å². The van der Waals surface area contributed by atoms with Gasteiger partial charge in [0.1, 0.15) is 6.33 Å². The van der Waals surface area contributed by atoms with Crippen molar-refractivity contribution in [1.29, 1.82) is 0 Å². The number of benzene rings is 1. The minimum Gasteiger partial charge on any atom is -0.480 e. The van der Waals surface area contributed by atoms with E-state index in [1.165, 1.54) is 31.7 Å². The summed E-state index contributed by atoms with van der Waals surface area (Å²) in [7, 11) is 2.96. The molecule has 6 heteroatoms. The van der Waals surface area contributed by atoms with E-state index in [-0.39, 0.29) is 29.3 Å². The van der Waals surface area contributed by atoms with E-state index in [0.717, 1.165) is 6.42 Å². The van der Waals surface area contributed by atoms with Crippen LogP contribution in [0.15, 0.2) is 30.6 Å². The number of fused-ring (bicyclic) bond motifs is 1. The van der Waals surface area contributed by atoms with Gasteiger partial charge in [-0.25, -0.2) is 9.97 Å².